The fourth-order valence-electron chi connectivity index (χ4n) is 1.71. The molecule has 0 spiro atoms. The van der Waals surface area contributed by atoms with Crippen molar-refractivity contribution in [2.45, 2.75) is 45.6 Å². The van der Waals surface area contributed by atoms with Gasteiger partial charge in [-0.3, -0.25) is 0 Å². The number of aromatic nitrogens is 2. The van der Waals surface area contributed by atoms with Crippen LogP contribution in [0.4, 0.5) is 0 Å². The monoisotopic (exact) mass is 237 g/mol. The summed E-state index contributed by atoms with van der Waals surface area (Å²) in [6.45, 7) is 5.39. The summed E-state index contributed by atoms with van der Waals surface area (Å²) >= 11 is 0. The van der Waals surface area contributed by atoms with Gasteiger partial charge in [-0.15, -0.1) is 5.10 Å². The molecule has 1 aromatic heterocycles. The van der Waals surface area contributed by atoms with E-state index in [4.69, 9.17) is 4.74 Å². The molecule has 0 radical (unpaired) electrons. The van der Waals surface area contributed by atoms with Crippen molar-refractivity contribution in [2.24, 2.45) is 0 Å². The number of methoxy groups -OCH3 is 1. The maximum absolute atomic E-state index is 5.02. The van der Waals surface area contributed by atoms with Gasteiger partial charge in [-0.05, 0) is 25.5 Å². The van der Waals surface area contributed by atoms with E-state index in [1.807, 2.05) is 12.1 Å². The predicted octanol–water partition coefficient (Wildman–Crippen LogP) is 2.72. The number of nitrogens with one attached hydrogen (secondary N) is 1. The highest BCUT2D eigenvalue weighted by atomic mass is 16.5. The number of hydrogen-bond donors (Lipinski definition) is 1. The minimum atomic E-state index is 0.313. The van der Waals surface area contributed by atoms with E-state index >= 15 is 0 Å². The molecule has 1 aromatic rings. The summed E-state index contributed by atoms with van der Waals surface area (Å²) in [5, 5.41) is 11.8. The highest BCUT2D eigenvalue weighted by molar-refractivity contribution is 5.14. The van der Waals surface area contributed by atoms with Crippen LogP contribution in [-0.2, 0) is 0 Å². The molecule has 0 saturated heterocycles. The van der Waals surface area contributed by atoms with E-state index < -0.39 is 0 Å². The Morgan fingerprint density at radius 2 is 2.06 bits per heavy atom. The molecule has 1 atom stereocenters. The Morgan fingerprint density at radius 3 is 2.59 bits per heavy atom. The van der Waals surface area contributed by atoms with Crippen molar-refractivity contribution in [3.63, 3.8) is 0 Å². The van der Waals surface area contributed by atoms with Crippen LogP contribution in [0, 0.1) is 0 Å². The molecule has 0 saturated carbocycles. The van der Waals surface area contributed by atoms with Crippen LogP contribution >= 0.6 is 0 Å². The van der Waals surface area contributed by atoms with Crippen molar-refractivity contribution < 1.29 is 4.74 Å². The lowest BCUT2D eigenvalue weighted by Gasteiger charge is -2.17. The lowest BCUT2D eigenvalue weighted by molar-refractivity contribution is 0.387. The van der Waals surface area contributed by atoms with Crippen molar-refractivity contribution >= 4 is 0 Å². The molecule has 4 nitrogen and oxygen atoms in total. The van der Waals surface area contributed by atoms with Gasteiger partial charge in [0.25, 0.3) is 0 Å². The smallest absolute Gasteiger partial charge is 0.233 e. The lowest BCUT2D eigenvalue weighted by Crippen LogP contribution is -2.23. The summed E-state index contributed by atoms with van der Waals surface area (Å²) in [4.78, 5) is 0. The van der Waals surface area contributed by atoms with Gasteiger partial charge in [-0.2, -0.15) is 5.10 Å². The Labute approximate surface area is 104 Å². The molecule has 0 aliphatic rings. The molecule has 1 N–H and O–H groups in total. The first-order valence-electron chi connectivity index (χ1n) is 6.42. The van der Waals surface area contributed by atoms with Gasteiger partial charge < -0.3 is 10.1 Å². The summed E-state index contributed by atoms with van der Waals surface area (Å²) in [7, 11) is 1.60. The second kappa shape index (κ2) is 8.01. The molecular formula is C13H23N3O. The summed E-state index contributed by atoms with van der Waals surface area (Å²) in [6.07, 6.45) is 4.65. The first-order chi connectivity index (χ1) is 8.31. The molecule has 0 fully saturated rings. The Hall–Kier alpha value is -1.16. The molecule has 0 bridgehead atoms. The Bertz CT molecular complexity index is 292. The average molecular weight is 237 g/mol. The molecule has 17 heavy (non-hydrogen) atoms. The highest BCUT2D eigenvalue weighted by Crippen LogP contribution is 2.18. The second-order valence-corrected chi connectivity index (χ2v) is 4.15. The third kappa shape index (κ3) is 4.69. The summed E-state index contributed by atoms with van der Waals surface area (Å²) in [5.41, 5.74) is 1.01. The number of rotatable bonds is 8. The quantitative estimate of drug-likeness (QED) is 0.755. The molecule has 1 unspecified atom stereocenters. The number of hydrogen-bond acceptors (Lipinski definition) is 4. The molecule has 0 aromatic carbocycles. The van der Waals surface area contributed by atoms with Crippen LogP contribution < -0.4 is 10.1 Å². The van der Waals surface area contributed by atoms with Crippen molar-refractivity contribution in [3.05, 3.63) is 17.8 Å². The van der Waals surface area contributed by atoms with E-state index in [1.54, 1.807) is 7.11 Å². The zero-order chi connectivity index (χ0) is 12.5. The van der Waals surface area contributed by atoms with Crippen molar-refractivity contribution in [1.82, 2.24) is 15.5 Å². The summed E-state index contributed by atoms with van der Waals surface area (Å²) in [5.74, 6) is 0.568. The Balaban J connectivity index is 2.65. The summed E-state index contributed by atoms with van der Waals surface area (Å²) < 4.78 is 5.02. The first kappa shape index (κ1) is 13.9. The normalized spacial score (nSPS) is 12.4. The predicted molar refractivity (Wildman–Crippen MR) is 69.1 cm³/mol. The number of ether oxygens (including phenoxy) is 1. The van der Waals surface area contributed by atoms with Gasteiger partial charge in [0.1, 0.15) is 0 Å². The van der Waals surface area contributed by atoms with E-state index in [1.165, 1.54) is 12.8 Å². The van der Waals surface area contributed by atoms with Crippen LogP contribution in [0.3, 0.4) is 0 Å². The minimum Gasteiger partial charge on any atom is -0.480 e. The van der Waals surface area contributed by atoms with Crippen LogP contribution in [0.1, 0.15) is 51.3 Å². The van der Waals surface area contributed by atoms with Gasteiger partial charge in [0, 0.05) is 6.07 Å². The summed E-state index contributed by atoms with van der Waals surface area (Å²) in [6, 6.07) is 4.18. The number of nitrogens with zero attached hydrogens (tertiary/aromatic N) is 2. The van der Waals surface area contributed by atoms with E-state index in [0.717, 1.165) is 25.1 Å². The maximum Gasteiger partial charge on any atom is 0.233 e. The van der Waals surface area contributed by atoms with Crippen LogP contribution in [0.25, 0.3) is 0 Å². The lowest BCUT2D eigenvalue weighted by atomic mass is 10.1. The average Bonchev–Trinajstić information content (AvgIpc) is 2.39. The highest BCUT2D eigenvalue weighted by Gasteiger charge is 2.12. The van der Waals surface area contributed by atoms with E-state index in [9.17, 15) is 0 Å². The zero-order valence-corrected chi connectivity index (χ0v) is 11.1. The molecule has 4 heteroatoms. The molecule has 0 amide bonds. The molecular weight excluding hydrogens is 214 g/mol. The molecule has 96 valence electrons. The van der Waals surface area contributed by atoms with Gasteiger partial charge >= 0.3 is 0 Å². The van der Waals surface area contributed by atoms with Crippen LogP contribution in [-0.4, -0.2) is 23.9 Å². The standard InChI is InChI=1S/C13H23N3O/c1-4-6-7-11(14-10-5-2)12-8-9-13(17-3)16-15-12/h8-9,11,14H,4-7,10H2,1-3H3. The van der Waals surface area contributed by atoms with Crippen LogP contribution in [0.2, 0.25) is 0 Å². The minimum absolute atomic E-state index is 0.313. The Kier molecular flexibility index (Phi) is 6.55. The van der Waals surface area contributed by atoms with Crippen LogP contribution in [0.15, 0.2) is 12.1 Å². The fraction of sp³-hybridized carbons (Fsp3) is 0.692. The maximum atomic E-state index is 5.02. The number of unbranched alkanes of at least 4 members (excludes halogenated alkanes) is 1. The van der Waals surface area contributed by atoms with E-state index in [2.05, 4.69) is 29.4 Å². The first-order valence-corrected chi connectivity index (χ1v) is 6.42. The third-order valence-corrected chi connectivity index (χ3v) is 2.71. The van der Waals surface area contributed by atoms with Gasteiger partial charge in [0.2, 0.25) is 5.88 Å². The van der Waals surface area contributed by atoms with Gasteiger partial charge in [0.15, 0.2) is 0 Å². The van der Waals surface area contributed by atoms with E-state index in [-0.39, 0.29) is 0 Å². The Morgan fingerprint density at radius 1 is 1.24 bits per heavy atom. The van der Waals surface area contributed by atoms with Gasteiger partial charge in [-0.25, -0.2) is 0 Å². The van der Waals surface area contributed by atoms with Crippen LogP contribution in [0.5, 0.6) is 5.88 Å². The molecule has 0 aliphatic carbocycles. The topological polar surface area (TPSA) is 47.0 Å². The van der Waals surface area contributed by atoms with Crippen molar-refractivity contribution in [1.29, 1.82) is 0 Å². The molecule has 0 aliphatic heterocycles. The second-order valence-electron chi connectivity index (χ2n) is 4.15. The fourth-order valence-corrected chi connectivity index (χ4v) is 1.71. The largest absolute Gasteiger partial charge is 0.480 e. The molecule has 1 heterocycles. The van der Waals surface area contributed by atoms with E-state index in [0.29, 0.717) is 11.9 Å². The third-order valence-electron chi connectivity index (χ3n) is 2.71. The van der Waals surface area contributed by atoms with Crippen molar-refractivity contribution in [3.8, 4) is 5.88 Å². The van der Waals surface area contributed by atoms with Gasteiger partial charge in [0.05, 0.1) is 18.8 Å². The zero-order valence-electron chi connectivity index (χ0n) is 11.1. The van der Waals surface area contributed by atoms with Crippen molar-refractivity contribution in [2.75, 3.05) is 13.7 Å². The SMILES string of the molecule is CCCCC(NCCC)c1ccc(OC)nn1. The molecule has 1 rings (SSSR count). The van der Waals surface area contributed by atoms with Gasteiger partial charge in [-0.1, -0.05) is 26.7 Å².